The lowest BCUT2D eigenvalue weighted by Gasteiger charge is -1.99. The Morgan fingerprint density at radius 1 is 1.40 bits per heavy atom. The Labute approximate surface area is 126 Å². The monoisotopic (exact) mass is 350 g/mol. The maximum atomic E-state index is 13.7. The van der Waals surface area contributed by atoms with Crippen LogP contribution in [0.1, 0.15) is 5.56 Å². The van der Waals surface area contributed by atoms with Gasteiger partial charge in [0.2, 0.25) is 0 Å². The predicted octanol–water partition coefficient (Wildman–Crippen LogP) is 3.82. The van der Waals surface area contributed by atoms with Crippen LogP contribution in [0.4, 0.5) is 4.39 Å². The zero-order valence-corrected chi connectivity index (χ0v) is 12.2. The molecule has 20 heavy (non-hydrogen) atoms. The first-order chi connectivity index (χ1) is 9.61. The molecule has 0 spiro atoms. The van der Waals surface area contributed by atoms with Crippen LogP contribution in [0.2, 0.25) is 5.15 Å². The first kappa shape index (κ1) is 13.0. The predicted molar refractivity (Wildman–Crippen MR) is 75.8 cm³/mol. The van der Waals surface area contributed by atoms with Crippen LogP contribution in [-0.4, -0.2) is 14.4 Å². The van der Waals surface area contributed by atoms with E-state index in [9.17, 15) is 4.39 Å². The number of hydrogen-bond acceptors (Lipinski definition) is 3. The van der Waals surface area contributed by atoms with Crippen LogP contribution in [0.15, 0.2) is 35.2 Å². The SMILES string of the molecule is N#Cc1ccc(-c2nc3c(Cl)nccn3c2Br)cc1F. The standard InChI is InChI=1S/C13H5BrClFN4/c14-11-10(7-1-2-8(6-17)9(16)5-7)19-13-12(15)18-3-4-20(11)13/h1-5H. The van der Waals surface area contributed by atoms with Crippen molar-refractivity contribution in [1.82, 2.24) is 14.4 Å². The van der Waals surface area contributed by atoms with Gasteiger partial charge in [-0.25, -0.2) is 14.4 Å². The van der Waals surface area contributed by atoms with Crippen molar-refractivity contribution in [2.24, 2.45) is 0 Å². The van der Waals surface area contributed by atoms with Crippen molar-refractivity contribution < 1.29 is 4.39 Å². The number of fused-ring (bicyclic) bond motifs is 1. The minimum Gasteiger partial charge on any atom is -0.290 e. The Morgan fingerprint density at radius 2 is 2.20 bits per heavy atom. The van der Waals surface area contributed by atoms with Gasteiger partial charge in [-0.15, -0.1) is 0 Å². The molecule has 0 bridgehead atoms. The van der Waals surface area contributed by atoms with Crippen LogP contribution in [0.5, 0.6) is 0 Å². The molecule has 0 fully saturated rings. The number of nitriles is 1. The number of rotatable bonds is 1. The first-order valence-corrected chi connectivity index (χ1v) is 6.67. The Morgan fingerprint density at radius 3 is 2.85 bits per heavy atom. The first-order valence-electron chi connectivity index (χ1n) is 5.50. The zero-order valence-electron chi connectivity index (χ0n) is 9.81. The van der Waals surface area contributed by atoms with Crippen LogP contribution in [0.25, 0.3) is 16.9 Å². The summed E-state index contributed by atoms with van der Waals surface area (Å²) in [5, 5.41) is 9.00. The van der Waals surface area contributed by atoms with E-state index in [0.29, 0.717) is 21.5 Å². The molecule has 0 amide bonds. The summed E-state index contributed by atoms with van der Waals surface area (Å²) in [7, 11) is 0. The van der Waals surface area contributed by atoms with Crippen molar-refractivity contribution >= 4 is 33.2 Å². The Kier molecular flexibility index (Phi) is 3.16. The van der Waals surface area contributed by atoms with Crippen molar-refractivity contribution in [2.75, 3.05) is 0 Å². The van der Waals surface area contributed by atoms with Crippen molar-refractivity contribution in [1.29, 1.82) is 5.26 Å². The Bertz CT molecular complexity index is 869. The van der Waals surface area contributed by atoms with E-state index in [2.05, 4.69) is 25.9 Å². The van der Waals surface area contributed by atoms with E-state index >= 15 is 0 Å². The minimum atomic E-state index is -0.585. The molecule has 0 aliphatic carbocycles. The fourth-order valence-corrected chi connectivity index (χ4v) is 2.65. The van der Waals surface area contributed by atoms with Gasteiger partial charge in [-0.1, -0.05) is 17.7 Å². The van der Waals surface area contributed by atoms with Crippen LogP contribution in [0, 0.1) is 17.1 Å². The van der Waals surface area contributed by atoms with E-state index in [1.54, 1.807) is 28.9 Å². The summed E-state index contributed by atoms with van der Waals surface area (Å²) < 4.78 is 16.0. The van der Waals surface area contributed by atoms with Crippen molar-refractivity contribution in [3.63, 3.8) is 0 Å². The zero-order chi connectivity index (χ0) is 14.3. The summed E-state index contributed by atoms with van der Waals surface area (Å²) in [4.78, 5) is 8.30. The third kappa shape index (κ3) is 1.96. The van der Waals surface area contributed by atoms with Gasteiger partial charge in [-0.05, 0) is 28.1 Å². The van der Waals surface area contributed by atoms with Crippen LogP contribution in [0.3, 0.4) is 0 Å². The van der Waals surface area contributed by atoms with Gasteiger partial charge in [0.1, 0.15) is 22.2 Å². The summed E-state index contributed by atoms with van der Waals surface area (Å²) in [6.07, 6.45) is 3.24. The van der Waals surface area contributed by atoms with E-state index in [1.807, 2.05) is 0 Å². The molecule has 1 aromatic carbocycles. The maximum Gasteiger partial charge on any atom is 0.176 e. The fourth-order valence-electron chi connectivity index (χ4n) is 1.85. The third-order valence-corrected chi connectivity index (χ3v) is 3.83. The minimum absolute atomic E-state index is 0.00617. The summed E-state index contributed by atoms with van der Waals surface area (Å²) in [5.41, 5.74) is 1.55. The van der Waals surface area contributed by atoms with E-state index in [-0.39, 0.29) is 10.7 Å². The van der Waals surface area contributed by atoms with Gasteiger partial charge in [0, 0.05) is 18.0 Å². The maximum absolute atomic E-state index is 13.7. The molecule has 4 nitrogen and oxygen atoms in total. The van der Waals surface area contributed by atoms with Gasteiger partial charge in [0.25, 0.3) is 0 Å². The number of halogens is 3. The molecule has 0 aliphatic rings. The second-order valence-electron chi connectivity index (χ2n) is 3.97. The highest BCUT2D eigenvalue weighted by Gasteiger charge is 2.15. The van der Waals surface area contributed by atoms with Crippen molar-refractivity contribution in [3.05, 3.63) is 51.7 Å². The third-order valence-electron chi connectivity index (χ3n) is 2.80. The molecule has 3 aromatic rings. The lowest BCUT2D eigenvalue weighted by atomic mass is 10.1. The van der Waals surface area contributed by atoms with E-state index in [4.69, 9.17) is 16.9 Å². The molecule has 0 saturated carbocycles. The molecular formula is C13H5BrClFN4. The van der Waals surface area contributed by atoms with Gasteiger partial charge < -0.3 is 0 Å². The molecule has 0 saturated heterocycles. The van der Waals surface area contributed by atoms with Crippen molar-refractivity contribution in [2.45, 2.75) is 0 Å². The lowest BCUT2D eigenvalue weighted by Crippen LogP contribution is -1.87. The Hall–Kier alpha value is -1.97. The largest absolute Gasteiger partial charge is 0.290 e. The average molecular weight is 352 g/mol. The van der Waals surface area contributed by atoms with Gasteiger partial charge in [-0.2, -0.15) is 5.26 Å². The summed E-state index contributed by atoms with van der Waals surface area (Å²) in [6, 6.07) is 6.10. The molecule has 0 radical (unpaired) electrons. The summed E-state index contributed by atoms with van der Waals surface area (Å²) in [5.74, 6) is -0.585. The van der Waals surface area contributed by atoms with E-state index in [0.717, 1.165) is 0 Å². The highest BCUT2D eigenvalue weighted by Crippen LogP contribution is 2.31. The van der Waals surface area contributed by atoms with Crippen LogP contribution in [-0.2, 0) is 0 Å². The normalized spacial score (nSPS) is 10.7. The quantitative estimate of drug-likeness (QED) is 0.669. The molecular weight excluding hydrogens is 347 g/mol. The van der Waals surface area contributed by atoms with Crippen LogP contribution < -0.4 is 0 Å². The van der Waals surface area contributed by atoms with Gasteiger partial charge in [0.05, 0.1) is 5.56 Å². The van der Waals surface area contributed by atoms with Crippen LogP contribution >= 0.6 is 27.5 Å². The second-order valence-corrected chi connectivity index (χ2v) is 5.08. The number of hydrogen-bond donors (Lipinski definition) is 0. The number of imidazole rings is 1. The molecule has 0 aliphatic heterocycles. The van der Waals surface area contributed by atoms with E-state index < -0.39 is 5.82 Å². The number of nitrogens with zero attached hydrogens (tertiary/aromatic N) is 4. The Balaban J connectivity index is 2.25. The molecule has 3 rings (SSSR count). The molecule has 2 heterocycles. The smallest absolute Gasteiger partial charge is 0.176 e. The second kappa shape index (κ2) is 4.85. The summed E-state index contributed by atoms with van der Waals surface area (Å²) >= 11 is 9.39. The average Bonchev–Trinajstić information content (AvgIpc) is 2.78. The molecule has 7 heteroatoms. The summed E-state index contributed by atoms with van der Waals surface area (Å²) in [6.45, 7) is 0. The highest BCUT2D eigenvalue weighted by atomic mass is 79.9. The molecule has 2 aromatic heterocycles. The number of aromatic nitrogens is 3. The molecule has 98 valence electrons. The number of benzene rings is 1. The molecule has 0 unspecified atom stereocenters. The van der Waals surface area contributed by atoms with E-state index in [1.165, 1.54) is 12.1 Å². The highest BCUT2D eigenvalue weighted by molar-refractivity contribution is 9.10. The van der Waals surface area contributed by atoms with Crippen molar-refractivity contribution in [3.8, 4) is 17.3 Å². The van der Waals surface area contributed by atoms with Gasteiger partial charge in [0.15, 0.2) is 10.8 Å². The topological polar surface area (TPSA) is 54.0 Å². The fraction of sp³-hybridized carbons (Fsp3) is 0. The van der Waals surface area contributed by atoms with Gasteiger partial charge in [-0.3, -0.25) is 4.40 Å². The molecule has 0 N–H and O–H groups in total. The molecule has 0 atom stereocenters. The van der Waals surface area contributed by atoms with Gasteiger partial charge >= 0.3 is 0 Å². The lowest BCUT2D eigenvalue weighted by molar-refractivity contribution is 0.624.